The van der Waals surface area contributed by atoms with Crippen molar-refractivity contribution in [2.45, 2.75) is 19.4 Å². The Labute approximate surface area is 161 Å². The number of pyridine rings is 1. The monoisotopic (exact) mass is 380 g/mol. The molecule has 1 atom stereocenters. The smallest absolute Gasteiger partial charge is 0.251 e. The van der Waals surface area contributed by atoms with E-state index in [1.165, 1.54) is 0 Å². The third-order valence-electron chi connectivity index (χ3n) is 4.71. The first-order valence-electron chi connectivity index (χ1n) is 8.96. The summed E-state index contributed by atoms with van der Waals surface area (Å²) in [6, 6.07) is 12.5. The van der Waals surface area contributed by atoms with Crippen molar-refractivity contribution in [2.24, 2.45) is 0 Å². The number of hydrogen-bond acceptors (Lipinski definition) is 3. The van der Waals surface area contributed by atoms with Gasteiger partial charge in [-0.05, 0) is 42.3 Å². The summed E-state index contributed by atoms with van der Waals surface area (Å²) in [6.07, 6.45) is 2.11. The van der Waals surface area contributed by atoms with Crippen LogP contribution in [0.2, 0.25) is 0 Å². The molecule has 4 rings (SSSR count). The number of nitrogens with zero attached hydrogens (tertiary/aromatic N) is 1. The fraction of sp³-hybridized carbons (Fsp3) is 0.182. The fourth-order valence-corrected chi connectivity index (χ4v) is 3.40. The standard InChI is InChI=1S/C22H18F2N2O2/c1-13-4-3-7-25-20(13)19-6-2-5-14-10-18(28-21(14)19)12-26-22(27)15-8-16(23)11-17(24)9-15/h2-9,11,18H,10,12H2,1H3,(H,26,27). The zero-order chi connectivity index (χ0) is 19.7. The molecule has 6 heteroatoms. The minimum atomic E-state index is -0.787. The van der Waals surface area contributed by atoms with Gasteiger partial charge in [0.25, 0.3) is 5.91 Å². The lowest BCUT2D eigenvalue weighted by Gasteiger charge is -2.14. The number of benzene rings is 2. The highest BCUT2D eigenvalue weighted by atomic mass is 19.1. The predicted octanol–water partition coefficient (Wildman–Crippen LogP) is 4.07. The number of fused-ring (bicyclic) bond motifs is 1. The molecule has 1 unspecified atom stereocenters. The number of carbonyl (C=O) groups excluding carboxylic acids is 1. The Morgan fingerprint density at radius 3 is 2.71 bits per heavy atom. The maximum absolute atomic E-state index is 13.3. The van der Waals surface area contributed by atoms with E-state index in [2.05, 4.69) is 10.3 Å². The molecule has 1 amide bonds. The second kappa shape index (κ2) is 7.38. The average molecular weight is 380 g/mol. The molecule has 28 heavy (non-hydrogen) atoms. The van der Waals surface area contributed by atoms with Gasteiger partial charge in [0.05, 0.1) is 12.2 Å². The Balaban J connectivity index is 1.48. The van der Waals surface area contributed by atoms with Crippen molar-refractivity contribution in [3.8, 4) is 17.0 Å². The minimum Gasteiger partial charge on any atom is -0.487 e. The molecule has 142 valence electrons. The molecule has 0 saturated carbocycles. The van der Waals surface area contributed by atoms with Gasteiger partial charge in [0.1, 0.15) is 23.5 Å². The van der Waals surface area contributed by atoms with Crippen LogP contribution >= 0.6 is 0 Å². The second-order valence-electron chi connectivity index (χ2n) is 6.77. The molecule has 2 aromatic carbocycles. The van der Waals surface area contributed by atoms with Crippen molar-refractivity contribution in [2.75, 3.05) is 6.54 Å². The van der Waals surface area contributed by atoms with Crippen molar-refractivity contribution in [3.05, 3.63) is 83.1 Å². The number of amides is 1. The molecule has 0 aliphatic carbocycles. The summed E-state index contributed by atoms with van der Waals surface area (Å²) < 4.78 is 32.7. The number of para-hydroxylation sites is 1. The van der Waals surface area contributed by atoms with Gasteiger partial charge in [-0.1, -0.05) is 18.2 Å². The van der Waals surface area contributed by atoms with Crippen LogP contribution in [0, 0.1) is 18.6 Å². The van der Waals surface area contributed by atoms with Crippen molar-refractivity contribution >= 4 is 5.91 Å². The van der Waals surface area contributed by atoms with Gasteiger partial charge >= 0.3 is 0 Å². The third-order valence-corrected chi connectivity index (χ3v) is 4.71. The van der Waals surface area contributed by atoms with Crippen LogP contribution < -0.4 is 10.1 Å². The molecular formula is C22H18F2N2O2. The van der Waals surface area contributed by atoms with E-state index >= 15 is 0 Å². The summed E-state index contributed by atoms with van der Waals surface area (Å²) in [5, 5.41) is 2.69. The normalized spacial score (nSPS) is 15.0. The lowest BCUT2D eigenvalue weighted by atomic mass is 10.0. The zero-order valence-corrected chi connectivity index (χ0v) is 15.2. The van der Waals surface area contributed by atoms with E-state index in [9.17, 15) is 13.6 Å². The summed E-state index contributed by atoms with van der Waals surface area (Å²) in [5.74, 6) is -1.35. The third kappa shape index (κ3) is 3.58. The largest absolute Gasteiger partial charge is 0.487 e. The highest BCUT2D eigenvalue weighted by molar-refractivity contribution is 5.94. The summed E-state index contributed by atoms with van der Waals surface area (Å²) in [7, 11) is 0. The number of nitrogens with one attached hydrogen (secondary N) is 1. The van der Waals surface area contributed by atoms with Crippen LogP contribution in [0.25, 0.3) is 11.3 Å². The van der Waals surface area contributed by atoms with Crippen LogP contribution in [-0.4, -0.2) is 23.5 Å². The van der Waals surface area contributed by atoms with E-state index < -0.39 is 17.5 Å². The van der Waals surface area contributed by atoms with Crippen molar-refractivity contribution in [3.63, 3.8) is 0 Å². The molecule has 1 aliphatic heterocycles. The van der Waals surface area contributed by atoms with Crippen LogP contribution in [0.15, 0.2) is 54.7 Å². The summed E-state index contributed by atoms with van der Waals surface area (Å²) in [4.78, 5) is 16.7. The molecule has 2 heterocycles. The Morgan fingerprint density at radius 1 is 1.18 bits per heavy atom. The molecule has 0 radical (unpaired) electrons. The van der Waals surface area contributed by atoms with Crippen LogP contribution in [0.1, 0.15) is 21.5 Å². The lowest BCUT2D eigenvalue weighted by Crippen LogP contribution is -2.34. The second-order valence-corrected chi connectivity index (χ2v) is 6.77. The molecule has 4 nitrogen and oxygen atoms in total. The van der Waals surface area contributed by atoms with Crippen LogP contribution in [-0.2, 0) is 6.42 Å². The molecule has 0 bridgehead atoms. The fourth-order valence-electron chi connectivity index (χ4n) is 3.40. The molecule has 1 aliphatic rings. The van der Waals surface area contributed by atoms with Gasteiger partial charge in [-0.2, -0.15) is 0 Å². The zero-order valence-electron chi connectivity index (χ0n) is 15.2. The molecule has 0 spiro atoms. The Hall–Kier alpha value is -3.28. The van der Waals surface area contributed by atoms with Crippen LogP contribution in [0.3, 0.4) is 0 Å². The molecular weight excluding hydrogens is 362 g/mol. The molecule has 1 aromatic heterocycles. The number of aromatic nitrogens is 1. The van der Waals surface area contributed by atoms with Gasteiger partial charge in [-0.3, -0.25) is 9.78 Å². The van der Waals surface area contributed by atoms with Crippen molar-refractivity contribution < 1.29 is 18.3 Å². The number of aryl methyl sites for hydroxylation is 1. The van der Waals surface area contributed by atoms with E-state index in [1.807, 2.05) is 37.3 Å². The van der Waals surface area contributed by atoms with E-state index in [1.54, 1.807) is 6.20 Å². The SMILES string of the molecule is Cc1cccnc1-c1cccc2c1OC(CNC(=O)c1cc(F)cc(F)c1)C2. The lowest BCUT2D eigenvalue weighted by molar-refractivity contribution is 0.0932. The van der Waals surface area contributed by atoms with E-state index in [-0.39, 0.29) is 18.2 Å². The summed E-state index contributed by atoms with van der Waals surface area (Å²) >= 11 is 0. The van der Waals surface area contributed by atoms with Gasteiger partial charge in [-0.25, -0.2) is 8.78 Å². The average Bonchev–Trinajstić information content (AvgIpc) is 3.09. The van der Waals surface area contributed by atoms with Crippen molar-refractivity contribution in [1.29, 1.82) is 0 Å². The van der Waals surface area contributed by atoms with Crippen molar-refractivity contribution in [1.82, 2.24) is 10.3 Å². The molecule has 0 fully saturated rings. The Bertz CT molecular complexity index is 1030. The summed E-state index contributed by atoms with van der Waals surface area (Å²) in [5.41, 5.74) is 3.80. The minimum absolute atomic E-state index is 0.0576. The van der Waals surface area contributed by atoms with Crippen LogP contribution in [0.5, 0.6) is 5.75 Å². The molecule has 0 saturated heterocycles. The molecule has 1 N–H and O–H groups in total. The van der Waals surface area contributed by atoms with E-state index in [0.29, 0.717) is 6.42 Å². The van der Waals surface area contributed by atoms with Gasteiger partial charge in [-0.15, -0.1) is 0 Å². The highest BCUT2D eigenvalue weighted by Crippen LogP contribution is 2.38. The first-order valence-corrected chi connectivity index (χ1v) is 8.96. The maximum Gasteiger partial charge on any atom is 0.251 e. The Morgan fingerprint density at radius 2 is 1.96 bits per heavy atom. The number of halogens is 2. The van der Waals surface area contributed by atoms with E-state index in [0.717, 1.165) is 46.3 Å². The van der Waals surface area contributed by atoms with Gasteiger partial charge < -0.3 is 10.1 Å². The number of ether oxygens (including phenoxy) is 1. The number of rotatable bonds is 4. The van der Waals surface area contributed by atoms with Gasteiger partial charge in [0.15, 0.2) is 0 Å². The quantitative estimate of drug-likeness (QED) is 0.742. The van der Waals surface area contributed by atoms with Gasteiger partial charge in [0.2, 0.25) is 0 Å². The Kier molecular flexibility index (Phi) is 4.77. The topological polar surface area (TPSA) is 51.2 Å². The first kappa shape index (κ1) is 18.1. The molecule has 3 aromatic rings. The number of carbonyl (C=O) groups is 1. The van der Waals surface area contributed by atoms with E-state index in [4.69, 9.17) is 4.74 Å². The highest BCUT2D eigenvalue weighted by Gasteiger charge is 2.27. The van der Waals surface area contributed by atoms with Crippen LogP contribution in [0.4, 0.5) is 8.78 Å². The first-order chi connectivity index (χ1) is 13.5. The number of hydrogen-bond donors (Lipinski definition) is 1. The maximum atomic E-state index is 13.3. The summed E-state index contributed by atoms with van der Waals surface area (Å²) in [6.45, 7) is 2.22. The van der Waals surface area contributed by atoms with Gasteiger partial charge in [0, 0.05) is 29.8 Å². The predicted molar refractivity (Wildman–Crippen MR) is 101 cm³/mol.